The first kappa shape index (κ1) is 12.2. The average molecular weight is 244 g/mol. The van der Waals surface area contributed by atoms with E-state index in [1.807, 2.05) is 0 Å². The summed E-state index contributed by atoms with van der Waals surface area (Å²) in [7, 11) is -4.49. The zero-order chi connectivity index (χ0) is 12.2. The molecule has 0 aliphatic carbocycles. The van der Waals surface area contributed by atoms with Crippen molar-refractivity contribution in [3.05, 3.63) is 30.3 Å². The second-order valence-electron chi connectivity index (χ2n) is 2.78. The molecule has 1 aromatic rings. The van der Waals surface area contributed by atoms with Gasteiger partial charge in [-0.3, -0.25) is 4.79 Å². The third-order valence-electron chi connectivity index (χ3n) is 1.63. The van der Waals surface area contributed by atoms with Gasteiger partial charge >= 0.3 is 16.1 Å². The Hall–Kier alpha value is -1.89. The topological polar surface area (TPSA) is 97.7 Å². The van der Waals surface area contributed by atoms with Gasteiger partial charge in [0.2, 0.25) is 5.25 Å². The molecule has 6 nitrogen and oxygen atoms in total. The normalized spacial score (nSPS) is 12.8. The minimum atomic E-state index is -4.49. The van der Waals surface area contributed by atoms with Crippen molar-refractivity contribution in [3.8, 4) is 5.75 Å². The summed E-state index contributed by atoms with van der Waals surface area (Å²) in [6.45, 7) is 0. The van der Waals surface area contributed by atoms with Gasteiger partial charge in [-0.05, 0) is 12.1 Å². The van der Waals surface area contributed by atoms with Crippen LogP contribution in [0.4, 0.5) is 0 Å². The number of hydrogen-bond donors (Lipinski definition) is 1. The van der Waals surface area contributed by atoms with E-state index in [4.69, 9.17) is 5.11 Å². The fourth-order valence-corrected chi connectivity index (χ4v) is 1.78. The molecule has 86 valence electrons. The van der Waals surface area contributed by atoms with Gasteiger partial charge in [-0.15, -0.1) is 0 Å². The molecule has 1 atom stereocenters. The highest BCUT2D eigenvalue weighted by Gasteiger charge is 2.34. The number of carbonyl (C=O) groups is 2. The molecule has 0 radical (unpaired) electrons. The number of carbonyl (C=O) groups excluding carboxylic acids is 1. The lowest BCUT2D eigenvalue weighted by molar-refractivity contribution is -0.137. The number of carboxylic acids is 1. The van der Waals surface area contributed by atoms with Crippen LogP contribution in [-0.2, 0) is 19.7 Å². The highest BCUT2D eigenvalue weighted by molar-refractivity contribution is 7.89. The second-order valence-corrected chi connectivity index (χ2v) is 4.44. The third kappa shape index (κ3) is 2.80. The molecule has 0 heterocycles. The first-order valence-corrected chi connectivity index (χ1v) is 5.61. The molecule has 0 spiro atoms. The summed E-state index contributed by atoms with van der Waals surface area (Å²) in [5.74, 6) is -1.82. The molecular formula is C9H8O6S. The predicted octanol–water partition coefficient (Wildman–Crippen LogP) is 0.0473. The van der Waals surface area contributed by atoms with Crippen LogP contribution in [0.5, 0.6) is 5.75 Å². The van der Waals surface area contributed by atoms with Crippen molar-refractivity contribution >= 4 is 22.4 Å². The maximum Gasteiger partial charge on any atom is 0.333 e. The molecular weight excluding hydrogens is 236 g/mol. The molecule has 1 N–H and O–H groups in total. The largest absolute Gasteiger partial charge is 0.480 e. The fraction of sp³-hybridized carbons (Fsp3) is 0.111. The maximum atomic E-state index is 11.3. The molecule has 16 heavy (non-hydrogen) atoms. The van der Waals surface area contributed by atoms with Crippen molar-refractivity contribution in [2.24, 2.45) is 0 Å². The lowest BCUT2D eigenvalue weighted by Crippen LogP contribution is -2.34. The Labute approximate surface area is 91.6 Å². The van der Waals surface area contributed by atoms with E-state index in [-0.39, 0.29) is 12.0 Å². The summed E-state index contributed by atoms with van der Waals surface area (Å²) in [5.41, 5.74) is 0. The minimum Gasteiger partial charge on any atom is -0.480 e. The molecule has 7 heteroatoms. The summed E-state index contributed by atoms with van der Waals surface area (Å²) in [6.07, 6.45) is -0.194. The van der Waals surface area contributed by atoms with Crippen molar-refractivity contribution in [3.63, 3.8) is 0 Å². The van der Waals surface area contributed by atoms with Crippen LogP contribution in [0.3, 0.4) is 0 Å². The van der Waals surface area contributed by atoms with Crippen LogP contribution in [0.1, 0.15) is 0 Å². The van der Waals surface area contributed by atoms with Gasteiger partial charge in [0.1, 0.15) is 5.75 Å². The number of hydrogen-bond acceptors (Lipinski definition) is 5. The molecule has 0 bridgehead atoms. The number of benzene rings is 1. The van der Waals surface area contributed by atoms with E-state index >= 15 is 0 Å². The number of aliphatic carboxylic acids is 1. The van der Waals surface area contributed by atoms with Gasteiger partial charge in [-0.1, -0.05) is 18.2 Å². The zero-order valence-corrected chi connectivity index (χ0v) is 8.75. The van der Waals surface area contributed by atoms with Gasteiger partial charge in [0.25, 0.3) is 0 Å². The number of rotatable bonds is 5. The first-order chi connectivity index (χ1) is 7.47. The van der Waals surface area contributed by atoms with Gasteiger partial charge in [-0.2, -0.15) is 8.42 Å². The summed E-state index contributed by atoms with van der Waals surface area (Å²) in [4.78, 5) is 20.8. The van der Waals surface area contributed by atoms with E-state index in [1.54, 1.807) is 6.07 Å². The van der Waals surface area contributed by atoms with Crippen molar-refractivity contribution in [1.82, 2.24) is 0 Å². The molecule has 1 unspecified atom stereocenters. The standard InChI is InChI=1S/C9H8O6S/c10-6-8(9(11)12)16(13,14)15-7-4-2-1-3-5-7/h1-6,8H,(H,11,12). The predicted molar refractivity (Wildman–Crippen MR) is 53.5 cm³/mol. The molecule has 0 saturated heterocycles. The quantitative estimate of drug-likeness (QED) is 0.446. The molecule has 1 aromatic carbocycles. The van der Waals surface area contributed by atoms with Gasteiger partial charge in [0.15, 0.2) is 6.29 Å². The molecule has 0 amide bonds. The van der Waals surface area contributed by atoms with Gasteiger partial charge < -0.3 is 14.1 Å². The third-order valence-corrected chi connectivity index (χ3v) is 2.99. The van der Waals surface area contributed by atoms with Crippen molar-refractivity contribution in [2.75, 3.05) is 0 Å². The Balaban J connectivity index is 2.96. The minimum absolute atomic E-state index is 0.0457. The highest BCUT2D eigenvalue weighted by atomic mass is 32.2. The number of carboxylic acid groups (broad SMARTS) is 1. The van der Waals surface area contributed by atoms with Gasteiger partial charge in [0, 0.05) is 0 Å². The molecule has 0 fully saturated rings. The van der Waals surface area contributed by atoms with E-state index < -0.39 is 21.3 Å². The number of para-hydroxylation sites is 1. The van der Waals surface area contributed by atoms with Crippen LogP contribution in [-0.4, -0.2) is 31.0 Å². The van der Waals surface area contributed by atoms with E-state index in [0.717, 1.165) is 0 Å². The van der Waals surface area contributed by atoms with Crippen molar-refractivity contribution in [1.29, 1.82) is 0 Å². The summed E-state index contributed by atoms with van der Waals surface area (Å²) >= 11 is 0. The van der Waals surface area contributed by atoms with Crippen molar-refractivity contribution < 1.29 is 27.3 Å². The van der Waals surface area contributed by atoms with Crippen LogP contribution in [0.15, 0.2) is 30.3 Å². The monoisotopic (exact) mass is 244 g/mol. The van der Waals surface area contributed by atoms with Crippen LogP contribution < -0.4 is 4.18 Å². The van der Waals surface area contributed by atoms with Crippen LogP contribution in [0, 0.1) is 0 Å². The molecule has 1 rings (SSSR count). The SMILES string of the molecule is O=CC(C(=O)O)S(=O)(=O)Oc1ccccc1. The molecule has 0 aromatic heterocycles. The Morgan fingerprint density at radius 1 is 1.31 bits per heavy atom. The van der Waals surface area contributed by atoms with Gasteiger partial charge in [0.05, 0.1) is 0 Å². The Kier molecular flexibility index (Phi) is 3.62. The summed E-state index contributed by atoms with van der Waals surface area (Å²) in [5, 5.41) is 6.28. The smallest absolute Gasteiger partial charge is 0.333 e. The van der Waals surface area contributed by atoms with E-state index in [9.17, 15) is 18.0 Å². The number of aldehydes is 1. The van der Waals surface area contributed by atoms with E-state index in [0.29, 0.717) is 0 Å². The fourth-order valence-electron chi connectivity index (χ4n) is 0.912. The zero-order valence-electron chi connectivity index (χ0n) is 7.94. The van der Waals surface area contributed by atoms with Crippen LogP contribution >= 0.6 is 0 Å². The average Bonchev–Trinajstić information content (AvgIpc) is 2.18. The van der Waals surface area contributed by atoms with Crippen LogP contribution in [0.25, 0.3) is 0 Å². The molecule has 0 saturated carbocycles. The highest BCUT2D eigenvalue weighted by Crippen LogP contribution is 2.13. The lowest BCUT2D eigenvalue weighted by Gasteiger charge is -2.08. The summed E-state index contributed by atoms with van der Waals surface area (Å²) in [6, 6.07) is 7.33. The van der Waals surface area contributed by atoms with Crippen LogP contribution in [0.2, 0.25) is 0 Å². The first-order valence-electron chi connectivity index (χ1n) is 4.14. The van der Waals surface area contributed by atoms with Crippen molar-refractivity contribution in [2.45, 2.75) is 5.25 Å². The van der Waals surface area contributed by atoms with E-state index in [1.165, 1.54) is 24.3 Å². The molecule has 0 aliphatic heterocycles. The Bertz CT molecular complexity index is 478. The second kappa shape index (κ2) is 4.75. The van der Waals surface area contributed by atoms with Gasteiger partial charge in [-0.25, -0.2) is 0 Å². The lowest BCUT2D eigenvalue weighted by atomic mass is 10.3. The maximum absolute atomic E-state index is 11.3. The summed E-state index contributed by atoms with van der Waals surface area (Å²) < 4.78 is 27.2. The molecule has 0 aliphatic rings. The Morgan fingerprint density at radius 3 is 2.31 bits per heavy atom. The van der Waals surface area contributed by atoms with E-state index in [2.05, 4.69) is 4.18 Å². The Morgan fingerprint density at radius 2 is 1.88 bits per heavy atom.